The third kappa shape index (κ3) is 3.35. The molecule has 0 radical (unpaired) electrons. The van der Waals surface area contributed by atoms with Crippen LogP contribution in [0.1, 0.15) is 28.7 Å². The molecule has 4 heteroatoms. The first-order valence-electron chi connectivity index (χ1n) is 7.15. The van der Waals surface area contributed by atoms with Crippen LogP contribution in [0, 0.1) is 13.8 Å². The van der Waals surface area contributed by atoms with Crippen LogP contribution in [0.3, 0.4) is 0 Å². The van der Waals surface area contributed by atoms with Crippen molar-refractivity contribution in [2.24, 2.45) is 0 Å². The van der Waals surface area contributed by atoms with E-state index >= 15 is 0 Å². The maximum atomic E-state index is 12.0. The fourth-order valence-electron chi connectivity index (χ4n) is 2.36. The highest BCUT2D eigenvalue weighted by Gasteiger charge is 2.35. The topological polar surface area (TPSA) is 60.8 Å². The van der Waals surface area contributed by atoms with Crippen LogP contribution >= 0.6 is 0 Å². The number of carbonyl (C=O) groups excluding carboxylic acids is 1. The molecule has 1 amide bonds. The Hall–Kier alpha value is -2.17. The van der Waals surface area contributed by atoms with Crippen molar-refractivity contribution in [3.05, 3.63) is 70.8 Å². The Morgan fingerprint density at radius 3 is 1.64 bits per heavy atom. The Bertz CT molecular complexity index is 600. The number of rotatable bonds is 4. The quantitative estimate of drug-likeness (QED) is 0.674. The lowest BCUT2D eigenvalue weighted by Crippen LogP contribution is -2.35. The van der Waals surface area contributed by atoms with E-state index in [0.717, 1.165) is 11.1 Å². The van der Waals surface area contributed by atoms with Crippen molar-refractivity contribution in [3.63, 3.8) is 0 Å². The highest BCUT2D eigenvalue weighted by atomic mass is 16.5. The van der Waals surface area contributed by atoms with E-state index in [2.05, 4.69) is 0 Å². The molecule has 0 saturated carbocycles. The maximum absolute atomic E-state index is 12.0. The average Bonchev–Trinajstić information content (AvgIpc) is 2.48. The van der Waals surface area contributed by atoms with Crippen molar-refractivity contribution in [2.45, 2.75) is 25.9 Å². The predicted molar refractivity (Wildman–Crippen MR) is 84.5 cm³/mol. The monoisotopic (exact) mass is 299 g/mol. The summed E-state index contributed by atoms with van der Waals surface area (Å²) in [7, 11) is 1.26. The van der Waals surface area contributed by atoms with Crippen LogP contribution in [0.4, 0.5) is 0 Å². The third-order valence-corrected chi connectivity index (χ3v) is 3.83. The number of aryl methyl sites for hydroxylation is 2. The molecule has 0 spiro atoms. The van der Waals surface area contributed by atoms with E-state index in [1.807, 2.05) is 38.1 Å². The van der Waals surface area contributed by atoms with Crippen LogP contribution in [-0.2, 0) is 10.4 Å². The fraction of sp³-hybridized carbons (Fsp3) is 0.278. The molecule has 0 bridgehead atoms. The normalized spacial score (nSPS) is 11.3. The lowest BCUT2D eigenvalue weighted by atomic mass is 9.82. The van der Waals surface area contributed by atoms with E-state index < -0.39 is 11.5 Å². The van der Waals surface area contributed by atoms with Gasteiger partial charge in [-0.25, -0.2) is 5.06 Å². The zero-order valence-electron chi connectivity index (χ0n) is 13.1. The van der Waals surface area contributed by atoms with Crippen molar-refractivity contribution >= 4 is 5.91 Å². The van der Waals surface area contributed by atoms with Crippen LogP contribution in [0.2, 0.25) is 0 Å². The molecule has 0 aliphatic carbocycles. The van der Waals surface area contributed by atoms with Crippen molar-refractivity contribution in [1.29, 1.82) is 0 Å². The van der Waals surface area contributed by atoms with Gasteiger partial charge in [0, 0.05) is 7.05 Å². The summed E-state index contributed by atoms with van der Waals surface area (Å²) < 4.78 is 0. The Balaban J connectivity index is 2.50. The van der Waals surface area contributed by atoms with Gasteiger partial charge in [0.2, 0.25) is 5.91 Å². The minimum Gasteiger partial charge on any atom is -0.380 e. The highest BCUT2D eigenvalue weighted by molar-refractivity contribution is 5.77. The lowest BCUT2D eigenvalue weighted by Gasteiger charge is -2.30. The molecule has 2 N–H and O–H groups in total. The number of aliphatic hydroxyl groups is 1. The zero-order valence-corrected chi connectivity index (χ0v) is 13.1. The van der Waals surface area contributed by atoms with Crippen molar-refractivity contribution in [3.8, 4) is 0 Å². The lowest BCUT2D eigenvalue weighted by molar-refractivity contribution is -0.163. The molecular weight excluding hydrogens is 278 g/mol. The molecular formula is C18H21NO3. The Kier molecular flexibility index (Phi) is 4.64. The zero-order chi connectivity index (χ0) is 16.3. The second-order valence-electron chi connectivity index (χ2n) is 5.69. The van der Waals surface area contributed by atoms with Crippen LogP contribution in [0.5, 0.6) is 0 Å². The SMILES string of the molecule is Cc1ccc(C(O)(CC(=O)N(C)O)c2ccc(C)cc2)cc1. The summed E-state index contributed by atoms with van der Waals surface area (Å²) in [5, 5.41) is 21.0. The van der Waals surface area contributed by atoms with E-state index in [4.69, 9.17) is 0 Å². The number of amides is 1. The van der Waals surface area contributed by atoms with Gasteiger partial charge in [-0.3, -0.25) is 10.0 Å². The summed E-state index contributed by atoms with van der Waals surface area (Å²) in [6.45, 7) is 3.92. The van der Waals surface area contributed by atoms with Crippen molar-refractivity contribution in [1.82, 2.24) is 5.06 Å². The Morgan fingerprint density at radius 1 is 0.955 bits per heavy atom. The van der Waals surface area contributed by atoms with Gasteiger partial charge >= 0.3 is 0 Å². The van der Waals surface area contributed by atoms with Gasteiger partial charge in [0.05, 0.1) is 6.42 Å². The third-order valence-electron chi connectivity index (χ3n) is 3.83. The van der Waals surface area contributed by atoms with Gasteiger partial charge in [-0.15, -0.1) is 0 Å². The molecule has 0 aliphatic heterocycles. The van der Waals surface area contributed by atoms with Gasteiger partial charge < -0.3 is 5.11 Å². The van der Waals surface area contributed by atoms with Gasteiger partial charge in [-0.1, -0.05) is 59.7 Å². The average molecular weight is 299 g/mol. The molecule has 116 valence electrons. The second-order valence-corrected chi connectivity index (χ2v) is 5.69. The van der Waals surface area contributed by atoms with E-state index in [1.54, 1.807) is 24.3 Å². The van der Waals surface area contributed by atoms with Crippen LogP contribution < -0.4 is 0 Å². The predicted octanol–water partition coefficient (Wildman–Crippen LogP) is 2.78. The van der Waals surface area contributed by atoms with Gasteiger partial charge in [0.15, 0.2) is 0 Å². The van der Waals surface area contributed by atoms with E-state index in [9.17, 15) is 15.1 Å². The molecule has 22 heavy (non-hydrogen) atoms. The smallest absolute Gasteiger partial charge is 0.249 e. The van der Waals surface area contributed by atoms with Gasteiger partial charge in [0.25, 0.3) is 0 Å². The minimum atomic E-state index is -1.48. The number of hydroxylamine groups is 2. The maximum Gasteiger partial charge on any atom is 0.249 e. The molecule has 0 atom stereocenters. The summed E-state index contributed by atoms with van der Waals surface area (Å²) >= 11 is 0. The molecule has 0 saturated heterocycles. The van der Waals surface area contributed by atoms with E-state index in [1.165, 1.54) is 7.05 Å². The molecule has 0 fully saturated rings. The number of benzene rings is 2. The first-order chi connectivity index (χ1) is 10.3. The molecule has 2 aromatic rings. The summed E-state index contributed by atoms with van der Waals surface area (Å²) in [5.41, 5.74) is 1.91. The highest BCUT2D eigenvalue weighted by Crippen LogP contribution is 2.33. The fourth-order valence-corrected chi connectivity index (χ4v) is 2.36. The van der Waals surface area contributed by atoms with Crippen LogP contribution in [0.15, 0.2) is 48.5 Å². The largest absolute Gasteiger partial charge is 0.380 e. The van der Waals surface area contributed by atoms with Gasteiger partial charge in [-0.2, -0.15) is 0 Å². The molecule has 0 unspecified atom stereocenters. The summed E-state index contributed by atoms with van der Waals surface area (Å²) in [6, 6.07) is 14.8. The van der Waals surface area contributed by atoms with Crippen LogP contribution in [0.25, 0.3) is 0 Å². The summed E-state index contributed by atoms with van der Waals surface area (Å²) in [6.07, 6.45) is -0.230. The van der Waals surface area contributed by atoms with Crippen molar-refractivity contribution < 1.29 is 15.1 Å². The van der Waals surface area contributed by atoms with E-state index in [-0.39, 0.29) is 6.42 Å². The standard InChI is InChI=1S/C18H21NO3/c1-13-4-8-15(9-5-13)18(21,12-17(20)19(3)22)16-10-6-14(2)7-11-16/h4-11,21-22H,12H2,1-3H3. The van der Waals surface area contributed by atoms with Crippen LogP contribution in [-0.4, -0.2) is 28.3 Å². The van der Waals surface area contributed by atoms with Gasteiger partial charge in [-0.05, 0) is 25.0 Å². The molecule has 0 aromatic heterocycles. The molecule has 0 aliphatic rings. The molecule has 2 aromatic carbocycles. The van der Waals surface area contributed by atoms with E-state index in [0.29, 0.717) is 16.2 Å². The number of carbonyl (C=O) groups is 1. The first-order valence-corrected chi connectivity index (χ1v) is 7.15. The minimum absolute atomic E-state index is 0.230. The van der Waals surface area contributed by atoms with Gasteiger partial charge in [0.1, 0.15) is 5.60 Å². The Morgan fingerprint density at radius 2 is 1.32 bits per heavy atom. The molecule has 4 nitrogen and oxygen atoms in total. The number of hydrogen-bond donors (Lipinski definition) is 2. The first kappa shape index (κ1) is 16.2. The van der Waals surface area contributed by atoms with Crippen molar-refractivity contribution in [2.75, 3.05) is 7.05 Å². The summed E-state index contributed by atoms with van der Waals surface area (Å²) in [4.78, 5) is 12.0. The summed E-state index contributed by atoms with van der Waals surface area (Å²) in [5.74, 6) is -0.552. The second kappa shape index (κ2) is 6.30. The number of hydrogen-bond acceptors (Lipinski definition) is 3. The molecule has 0 heterocycles. The molecule has 2 rings (SSSR count). The Labute approximate surface area is 130 Å². The number of nitrogens with zero attached hydrogens (tertiary/aromatic N) is 1.